The van der Waals surface area contributed by atoms with Gasteiger partial charge in [0.15, 0.2) is 0 Å². The van der Waals surface area contributed by atoms with Gasteiger partial charge in [0.2, 0.25) is 0 Å². The van der Waals surface area contributed by atoms with Gasteiger partial charge in [0.1, 0.15) is 11.5 Å². The molecule has 138 valence electrons. The maximum absolute atomic E-state index is 13.4. The number of aromatic nitrogens is 1. The number of rotatable bonds is 4. The van der Waals surface area contributed by atoms with Crippen molar-refractivity contribution < 1.29 is 27.9 Å². The summed E-state index contributed by atoms with van der Waals surface area (Å²) in [5.41, 5.74) is 1.01. The summed E-state index contributed by atoms with van der Waals surface area (Å²) in [6, 6.07) is 2.58. The fraction of sp³-hybridized carbons (Fsp3) is 0.294. The Bertz CT molecular complexity index is 880. The number of amides is 2. The normalized spacial score (nSPS) is 15.8. The summed E-state index contributed by atoms with van der Waals surface area (Å²) in [5, 5.41) is 13.8. The van der Waals surface area contributed by atoms with E-state index in [0.29, 0.717) is 29.7 Å². The Labute approximate surface area is 146 Å². The molecule has 1 aromatic carbocycles. The number of carbonyl (C=O) groups excluding carboxylic acids is 1. The number of carboxylic acid groups (broad SMARTS) is 1. The Hall–Kier alpha value is -2.97. The van der Waals surface area contributed by atoms with Crippen LogP contribution < -0.4 is 10.6 Å². The van der Waals surface area contributed by atoms with Crippen LogP contribution in [-0.2, 0) is 13.5 Å². The first-order valence-corrected chi connectivity index (χ1v) is 7.84. The minimum Gasteiger partial charge on any atom is -0.465 e. The van der Waals surface area contributed by atoms with Gasteiger partial charge < -0.3 is 20.3 Å². The van der Waals surface area contributed by atoms with Crippen molar-refractivity contribution in [3.05, 3.63) is 52.6 Å². The average Bonchev–Trinajstić information content (AvgIpc) is 3.07. The van der Waals surface area contributed by atoms with Crippen LogP contribution >= 0.6 is 0 Å². The molecule has 0 bridgehead atoms. The molecule has 0 aliphatic heterocycles. The number of carbonyl (C=O) groups is 2. The molecule has 0 radical (unpaired) electrons. The van der Waals surface area contributed by atoms with Crippen molar-refractivity contribution >= 4 is 17.7 Å². The molecule has 1 atom stereocenters. The predicted octanol–water partition coefficient (Wildman–Crippen LogP) is 3.61. The van der Waals surface area contributed by atoms with Gasteiger partial charge in [0.25, 0.3) is 12.3 Å². The third kappa shape index (κ3) is 3.24. The van der Waals surface area contributed by atoms with Crippen LogP contribution in [-0.4, -0.2) is 21.7 Å². The van der Waals surface area contributed by atoms with E-state index in [1.807, 2.05) is 0 Å². The molecule has 1 aromatic heterocycles. The highest BCUT2D eigenvalue weighted by Gasteiger charge is 2.31. The van der Waals surface area contributed by atoms with Crippen LogP contribution in [0, 0.1) is 5.82 Å². The molecule has 0 spiro atoms. The number of halogens is 3. The number of benzene rings is 1. The Morgan fingerprint density at radius 2 is 2.08 bits per heavy atom. The molecule has 6 nitrogen and oxygen atoms in total. The molecule has 1 aliphatic carbocycles. The summed E-state index contributed by atoms with van der Waals surface area (Å²) >= 11 is 0. The van der Waals surface area contributed by atoms with Gasteiger partial charge in [-0.1, -0.05) is 0 Å². The number of aryl methyl sites for hydroxylation is 1. The van der Waals surface area contributed by atoms with Gasteiger partial charge in [0, 0.05) is 18.9 Å². The lowest BCUT2D eigenvalue weighted by Gasteiger charge is -2.10. The van der Waals surface area contributed by atoms with E-state index in [9.17, 15) is 22.8 Å². The van der Waals surface area contributed by atoms with Crippen molar-refractivity contribution in [3.63, 3.8) is 0 Å². The molecule has 0 fully saturated rings. The van der Waals surface area contributed by atoms with E-state index in [1.54, 1.807) is 17.8 Å². The first-order valence-electron chi connectivity index (χ1n) is 7.84. The Balaban J connectivity index is 1.86. The molecule has 26 heavy (non-hydrogen) atoms. The van der Waals surface area contributed by atoms with Crippen molar-refractivity contribution in [3.8, 4) is 0 Å². The third-order valence-electron chi connectivity index (χ3n) is 4.38. The van der Waals surface area contributed by atoms with Crippen molar-refractivity contribution in [2.45, 2.75) is 25.3 Å². The summed E-state index contributed by atoms with van der Waals surface area (Å²) in [6.07, 6.45) is -1.43. The third-order valence-corrected chi connectivity index (χ3v) is 4.38. The fourth-order valence-electron chi connectivity index (χ4n) is 3.28. The summed E-state index contributed by atoms with van der Waals surface area (Å²) in [4.78, 5) is 23.5. The number of hydrogen-bond donors (Lipinski definition) is 3. The van der Waals surface area contributed by atoms with E-state index in [4.69, 9.17) is 5.11 Å². The number of fused-ring (bicyclic) bond motifs is 1. The lowest BCUT2D eigenvalue weighted by Crippen LogP contribution is -2.24. The first-order chi connectivity index (χ1) is 12.3. The van der Waals surface area contributed by atoms with Crippen molar-refractivity contribution in [1.29, 1.82) is 0 Å². The average molecular weight is 367 g/mol. The minimum atomic E-state index is -2.99. The predicted molar refractivity (Wildman–Crippen MR) is 86.9 cm³/mol. The SMILES string of the molecule is Cn1cc2c(c1C(=O)Nc1ccc(F)c(C(F)F)c1)CCC2NC(=O)O. The molecular weight excluding hydrogens is 351 g/mol. The molecule has 0 saturated carbocycles. The number of alkyl halides is 2. The second-order valence-electron chi connectivity index (χ2n) is 6.05. The number of anilines is 1. The summed E-state index contributed by atoms with van der Waals surface area (Å²) in [5.74, 6) is -1.57. The number of hydrogen-bond acceptors (Lipinski definition) is 2. The summed E-state index contributed by atoms with van der Waals surface area (Å²) < 4.78 is 40.5. The summed E-state index contributed by atoms with van der Waals surface area (Å²) in [6.45, 7) is 0. The van der Waals surface area contributed by atoms with E-state index in [0.717, 1.165) is 12.1 Å². The van der Waals surface area contributed by atoms with Crippen LogP contribution in [0.4, 0.5) is 23.7 Å². The standard InChI is InChI=1S/C17H16F3N3O3/c1-23-7-11-9(3-5-13(11)22-17(25)26)14(23)16(24)21-8-2-4-12(18)10(6-8)15(19)20/h2,4,6-7,13,15,22H,3,5H2,1H3,(H,21,24)(H,25,26). The zero-order valence-corrected chi connectivity index (χ0v) is 13.7. The molecule has 3 rings (SSSR count). The molecule has 2 amide bonds. The molecule has 3 N–H and O–H groups in total. The van der Waals surface area contributed by atoms with Crippen molar-refractivity contribution in [2.75, 3.05) is 5.32 Å². The second-order valence-corrected chi connectivity index (χ2v) is 6.05. The smallest absolute Gasteiger partial charge is 0.405 e. The van der Waals surface area contributed by atoms with Crippen LogP contribution in [0.2, 0.25) is 0 Å². The van der Waals surface area contributed by atoms with Crippen molar-refractivity contribution in [1.82, 2.24) is 9.88 Å². The zero-order valence-electron chi connectivity index (χ0n) is 13.7. The number of nitrogens with one attached hydrogen (secondary N) is 2. The molecule has 1 heterocycles. The first kappa shape index (κ1) is 17.8. The largest absolute Gasteiger partial charge is 0.465 e. The van der Waals surface area contributed by atoms with Crippen LogP contribution in [0.3, 0.4) is 0 Å². The van der Waals surface area contributed by atoms with E-state index >= 15 is 0 Å². The second kappa shape index (κ2) is 6.74. The maximum Gasteiger partial charge on any atom is 0.405 e. The highest BCUT2D eigenvalue weighted by molar-refractivity contribution is 6.04. The minimum absolute atomic E-state index is 0.0554. The molecule has 9 heteroatoms. The van der Waals surface area contributed by atoms with Gasteiger partial charge in [-0.05, 0) is 42.2 Å². The van der Waals surface area contributed by atoms with Crippen LogP contribution in [0.25, 0.3) is 0 Å². The van der Waals surface area contributed by atoms with Gasteiger partial charge >= 0.3 is 6.09 Å². The van der Waals surface area contributed by atoms with Crippen molar-refractivity contribution in [2.24, 2.45) is 7.05 Å². The monoisotopic (exact) mass is 367 g/mol. The van der Waals surface area contributed by atoms with Gasteiger partial charge in [-0.15, -0.1) is 0 Å². The lowest BCUT2D eigenvalue weighted by atomic mass is 10.1. The number of nitrogens with zero attached hydrogens (tertiary/aromatic N) is 1. The van der Waals surface area contributed by atoms with E-state index in [2.05, 4.69) is 10.6 Å². The van der Waals surface area contributed by atoms with Crippen LogP contribution in [0.15, 0.2) is 24.4 Å². The Morgan fingerprint density at radius 1 is 1.35 bits per heavy atom. The Morgan fingerprint density at radius 3 is 2.73 bits per heavy atom. The van der Waals surface area contributed by atoms with E-state index in [-0.39, 0.29) is 5.69 Å². The molecule has 1 unspecified atom stereocenters. The lowest BCUT2D eigenvalue weighted by molar-refractivity contribution is 0.101. The van der Waals surface area contributed by atoms with Gasteiger partial charge in [-0.25, -0.2) is 18.0 Å². The molecule has 0 saturated heterocycles. The van der Waals surface area contributed by atoms with Gasteiger partial charge in [-0.2, -0.15) is 0 Å². The van der Waals surface area contributed by atoms with Crippen LogP contribution in [0.1, 0.15) is 46.1 Å². The molecular formula is C17H16F3N3O3. The molecule has 1 aliphatic rings. The van der Waals surface area contributed by atoms with E-state index < -0.39 is 35.8 Å². The fourth-order valence-corrected chi connectivity index (χ4v) is 3.28. The van der Waals surface area contributed by atoms with Gasteiger partial charge in [0.05, 0.1) is 11.6 Å². The van der Waals surface area contributed by atoms with Gasteiger partial charge in [-0.3, -0.25) is 4.79 Å². The highest BCUT2D eigenvalue weighted by Crippen LogP contribution is 2.35. The zero-order chi connectivity index (χ0) is 19.0. The maximum atomic E-state index is 13.4. The Kier molecular flexibility index (Phi) is 4.62. The highest BCUT2D eigenvalue weighted by atomic mass is 19.3. The summed E-state index contributed by atoms with van der Waals surface area (Å²) in [7, 11) is 1.64. The van der Waals surface area contributed by atoms with E-state index in [1.165, 1.54) is 6.07 Å². The molecule has 2 aromatic rings. The van der Waals surface area contributed by atoms with Crippen LogP contribution in [0.5, 0.6) is 0 Å². The topological polar surface area (TPSA) is 83.4 Å². The quantitative estimate of drug-likeness (QED) is 0.772.